The van der Waals surface area contributed by atoms with Crippen LogP contribution in [0.1, 0.15) is 25.7 Å². The average molecular weight is 320 g/mol. The molecule has 0 saturated heterocycles. The van der Waals surface area contributed by atoms with E-state index in [0.717, 1.165) is 12.1 Å². The fourth-order valence-corrected chi connectivity index (χ4v) is 3.72. The summed E-state index contributed by atoms with van der Waals surface area (Å²) in [5, 5.41) is 9.38. The van der Waals surface area contributed by atoms with E-state index >= 15 is 0 Å². The Morgan fingerprint density at radius 2 is 1.71 bits per heavy atom. The molecule has 4 N–H and O–H groups in total. The second-order valence-corrected chi connectivity index (χ2v) is 7.04. The van der Waals surface area contributed by atoms with Crippen molar-refractivity contribution in [3.05, 3.63) is 23.8 Å². The fraction of sp³-hybridized carbons (Fsp3) is 0.538. The zero-order chi connectivity index (χ0) is 15.6. The van der Waals surface area contributed by atoms with Gasteiger partial charge in [0.15, 0.2) is 4.90 Å². The molecule has 1 aromatic rings. The minimum Gasteiger partial charge on any atom is -0.399 e. The summed E-state index contributed by atoms with van der Waals surface area (Å²) >= 11 is 0. The Morgan fingerprint density at radius 1 is 1.19 bits per heavy atom. The molecule has 1 aromatic carbocycles. The SMILES string of the molecule is Nc1cc(F)c(S(=O)(=O)NCC2CCC(O)CC2)c(F)c1. The fourth-order valence-electron chi connectivity index (χ4n) is 2.48. The molecule has 1 aliphatic carbocycles. The Hall–Kier alpha value is -1.25. The number of nitrogens with one attached hydrogen (secondary N) is 1. The van der Waals surface area contributed by atoms with Crippen LogP contribution in [0, 0.1) is 17.6 Å². The van der Waals surface area contributed by atoms with Gasteiger partial charge in [0.05, 0.1) is 6.10 Å². The summed E-state index contributed by atoms with van der Waals surface area (Å²) in [4.78, 5) is -1.01. The highest BCUT2D eigenvalue weighted by Crippen LogP contribution is 2.25. The van der Waals surface area contributed by atoms with Gasteiger partial charge in [-0.3, -0.25) is 0 Å². The van der Waals surface area contributed by atoms with Gasteiger partial charge in [-0.05, 0) is 43.7 Å². The van der Waals surface area contributed by atoms with Crippen molar-refractivity contribution < 1.29 is 22.3 Å². The molecule has 0 unspecified atom stereocenters. The molecule has 1 saturated carbocycles. The molecule has 0 atom stereocenters. The molecule has 0 amide bonds. The first kappa shape index (κ1) is 16.1. The minimum absolute atomic E-state index is 0.0584. The summed E-state index contributed by atoms with van der Waals surface area (Å²) in [6, 6.07) is 1.54. The van der Waals surface area contributed by atoms with Gasteiger partial charge < -0.3 is 10.8 Å². The van der Waals surface area contributed by atoms with Crippen LogP contribution in [-0.2, 0) is 10.0 Å². The first-order valence-electron chi connectivity index (χ1n) is 6.72. The third-order valence-corrected chi connectivity index (χ3v) is 5.14. The molecule has 0 bridgehead atoms. The molecular formula is C13H18F2N2O3S. The number of hydrogen-bond donors (Lipinski definition) is 3. The maximum absolute atomic E-state index is 13.7. The molecule has 2 rings (SSSR count). The summed E-state index contributed by atoms with van der Waals surface area (Å²) in [5.41, 5.74) is 5.08. The van der Waals surface area contributed by atoms with Crippen molar-refractivity contribution in [1.29, 1.82) is 0 Å². The summed E-state index contributed by atoms with van der Waals surface area (Å²) < 4.78 is 53.6. The number of nitrogens with two attached hydrogens (primary N) is 1. The molecule has 0 radical (unpaired) electrons. The number of halogens is 2. The monoisotopic (exact) mass is 320 g/mol. The van der Waals surface area contributed by atoms with Gasteiger partial charge in [0, 0.05) is 12.2 Å². The first-order valence-corrected chi connectivity index (χ1v) is 8.20. The lowest BCUT2D eigenvalue weighted by molar-refractivity contribution is 0.109. The third kappa shape index (κ3) is 3.90. The molecule has 5 nitrogen and oxygen atoms in total. The number of benzene rings is 1. The standard InChI is InChI=1S/C13H18F2N2O3S/c14-11-5-9(16)6-12(15)13(11)21(19,20)17-7-8-1-3-10(18)4-2-8/h5-6,8,10,17-18H,1-4,7,16H2. The molecule has 21 heavy (non-hydrogen) atoms. The number of aliphatic hydroxyl groups excluding tert-OH is 1. The highest BCUT2D eigenvalue weighted by molar-refractivity contribution is 7.89. The second-order valence-electron chi connectivity index (χ2n) is 5.34. The topological polar surface area (TPSA) is 92.4 Å². The van der Waals surface area contributed by atoms with E-state index in [4.69, 9.17) is 5.73 Å². The van der Waals surface area contributed by atoms with Crippen LogP contribution in [-0.4, -0.2) is 26.2 Å². The summed E-state index contributed by atoms with van der Waals surface area (Å²) in [5.74, 6) is -2.36. The number of anilines is 1. The third-order valence-electron chi connectivity index (χ3n) is 3.67. The van der Waals surface area contributed by atoms with Crippen LogP contribution in [0.15, 0.2) is 17.0 Å². The van der Waals surface area contributed by atoms with Crippen molar-refractivity contribution in [2.75, 3.05) is 12.3 Å². The van der Waals surface area contributed by atoms with Crippen LogP contribution in [0.5, 0.6) is 0 Å². The maximum Gasteiger partial charge on any atom is 0.246 e. The van der Waals surface area contributed by atoms with Crippen LogP contribution in [0.3, 0.4) is 0 Å². The van der Waals surface area contributed by atoms with E-state index in [9.17, 15) is 22.3 Å². The van der Waals surface area contributed by atoms with Gasteiger partial charge in [-0.25, -0.2) is 21.9 Å². The second kappa shape index (κ2) is 6.25. The predicted molar refractivity (Wildman–Crippen MR) is 73.9 cm³/mol. The number of hydrogen-bond acceptors (Lipinski definition) is 4. The highest BCUT2D eigenvalue weighted by Gasteiger charge is 2.26. The van der Waals surface area contributed by atoms with E-state index in [1.165, 1.54) is 0 Å². The first-order chi connectivity index (χ1) is 9.79. The van der Waals surface area contributed by atoms with E-state index in [-0.39, 0.29) is 24.3 Å². The van der Waals surface area contributed by atoms with E-state index in [1.54, 1.807) is 0 Å². The Morgan fingerprint density at radius 3 is 2.24 bits per heavy atom. The van der Waals surface area contributed by atoms with Gasteiger partial charge in [-0.1, -0.05) is 0 Å². The lowest BCUT2D eigenvalue weighted by Gasteiger charge is -2.25. The minimum atomic E-state index is -4.27. The Balaban J connectivity index is 2.09. The molecule has 0 heterocycles. The molecule has 1 aliphatic rings. The number of sulfonamides is 1. The largest absolute Gasteiger partial charge is 0.399 e. The quantitative estimate of drug-likeness (QED) is 0.731. The van der Waals surface area contributed by atoms with Crippen LogP contribution in [0.2, 0.25) is 0 Å². The van der Waals surface area contributed by atoms with Gasteiger partial charge in [-0.2, -0.15) is 0 Å². The van der Waals surface area contributed by atoms with Crippen molar-refractivity contribution in [1.82, 2.24) is 4.72 Å². The van der Waals surface area contributed by atoms with E-state index in [2.05, 4.69) is 4.72 Å². The van der Waals surface area contributed by atoms with Gasteiger partial charge >= 0.3 is 0 Å². The van der Waals surface area contributed by atoms with E-state index in [0.29, 0.717) is 25.7 Å². The predicted octanol–water partition coefficient (Wildman–Crippen LogP) is 1.38. The van der Waals surface area contributed by atoms with Crippen molar-refractivity contribution in [2.24, 2.45) is 5.92 Å². The van der Waals surface area contributed by atoms with Gasteiger partial charge in [0.25, 0.3) is 0 Å². The molecule has 118 valence electrons. The van der Waals surface area contributed by atoms with Gasteiger partial charge in [-0.15, -0.1) is 0 Å². The number of aliphatic hydroxyl groups is 1. The van der Waals surface area contributed by atoms with Crippen molar-refractivity contribution in [3.8, 4) is 0 Å². The van der Waals surface area contributed by atoms with Crippen LogP contribution >= 0.6 is 0 Å². The van der Waals surface area contributed by atoms with E-state index in [1.807, 2.05) is 0 Å². The Bertz CT molecular complexity index is 591. The van der Waals surface area contributed by atoms with Gasteiger partial charge in [0.2, 0.25) is 10.0 Å². The maximum atomic E-state index is 13.7. The number of rotatable bonds is 4. The molecule has 8 heteroatoms. The average Bonchev–Trinajstić information content (AvgIpc) is 2.36. The molecular weight excluding hydrogens is 302 g/mol. The van der Waals surface area contributed by atoms with Crippen molar-refractivity contribution >= 4 is 15.7 Å². The van der Waals surface area contributed by atoms with Crippen molar-refractivity contribution in [2.45, 2.75) is 36.7 Å². The summed E-state index contributed by atoms with van der Waals surface area (Å²) in [6.45, 7) is 0.0955. The van der Waals surface area contributed by atoms with Crippen LogP contribution in [0.4, 0.5) is 14.5 Å². The van der Waals surface area contributed by atoms with Crippen molar-refractivity contribution in [3.63, 3.8) is 0 Å². The molecule has 0 aliphatic heterocycles. The molecule has 0 spiro atoms. The molecule has 0 aromatic heterocycles. The Labute approximate surface area is 122 Å². The van der Waals surface area contributed by atoms with Crippen LogP contribution in [0.25, 0.3) is 0 Å². The van der Waals surface area contributed by atoms with Gasteiger partial charge in [0.1, 0.15) is 11.6 Å². The Kier molecular flexibility index (Phi) is 4.80. The smallest absolute Gasteiger partial charge is 0.246 e. The summed E-state index contributed by atoms with van der Waals surface area (Å²) in [7, 11) is -4.27. The normalized spacial score (nSPS) is 23.2. The number of nitrogen functional groups attached to an aromatic ring is 1. The zero-order valence-electron chi connectivity index (χ0n) is 11.4. The lowest BCUT2D eigenvalue weighted by Crippen LogP contribution is -2.33. The lowest BCUT2D eigenvalue weighted by atomic mass is 9.88. The highest BCUT2D eigenvalue weighted by atomic mass is 32.2. The summed E-state index contributed by atoms with van der Waals surface area (Å²) in [6.07, 6.45) is 2.23. The van der Waals surface area contributed by atoms with E-state index < -0.39 is 26.6 Å². The molecule has 1 fully saturated rings. The zero-order valence-corrected chi connectivity index (χ0v) is 12.2. The van der Waals surface area contributed by atoms with Crippen LogP contribution < -0.4 is 10.5 Å².